The Hall–Kier alpha value is -2.21. The monoisotopic (exact) mass is 453 g/mol. The molecule has 1 aliphatic heterocycles. The number of piperazine rings is 1. The predicted octanol–water partition coefficient (Wildman–Crippen LogP) is 5.72. The van der Waals surface area contributed by atoms with E-state index in [1.54, 1.807) is 11.3 Å². The lowest BCUT2D eigenvalue weighted by molar-refractivity contribution is 0.0628. The van der Waals surface area contributed by atoms with Gasteiger partial charge in [-0.1, -0.05) is 56.6 Å². The first kappa shape index (κ1) is 22.0. The Morgan fingerprint density at radius 2 is 1.65 bits per heavy atom. The SMILES string of the molecule is CC(C)(C)c1ccc(C(=O)N2CCN(Cc3nc(-c4ccc(Cl)cc4)cs3)CC2)cc1. The molecule has 31 heavy (non-hydrogen) atoms. The van der Waals surface area contributed by atoms with Crippen molar-refractivity contribution < 1.29 is 4.79 Å². The number of amides is 1. The van der Waals surface area contributed by atoms with Crippen molar-refractivity contribution in [3.63, 3.8) is 0 Å². The Morgan fingerprint density at radius 3 is 2.26 bits per heavy atom. The highest BCUT2D eigenvalue weighted by atomic mass is 35.5. The normalized spacial score (nSPS) is 15.3. The molecule has 4 rings (SSSR count). The van der Waals surface area contributed by atoms with Crippen LogP contribution in [0.5, 0.6) is 0 Å². The van der Waals surface area contributed by atoms with Gasteiger partial charge in [0, 0.05) is 47.7 Å². The highest BCUT2D eigenvalue weighted by Gasteiger charge is 2.23. The summed E-state index contributed by atoms with van der Waals surface area (Å²) in [5.41, 5.74) is 4.18. The van der Waals surface area contributed by atoms with E-state index in [2.05, 4.69) is 43.2 Å². The Morgan fingerprint density at radius 1 is 1.00 bits per heavy atom. The highest BCUT2D eigenvalue weighted by Crippen LogP contribution is 2.25. The largest absolute Gasteiger partial charge is 0.336 e. The average molecular weight is 454 g/mol. The van der Waals surface area contributed by atoms with E-state index in [0.717, 1.165) is 59.6 Å². The molecule has 1 saturated heterocycles. The zero-order valence-electron chi connectivity index (χ0n) is 18.3. The smallest absolute Gasteiger partial charge is 0.253 e. The van der Waals surface area contributed by atoms with Gasteiger partial charge in [-0.2, -0.15) is 0 Å². The number of carbonyl (C=O) groups is 1. The molecule has 6 heteroatoms. The lowest BCUT2D eigenvalue weighted by Crippen LogP contribution is -2.48. The summed E-state index contributed by atoms with van der Waals surface area (Å²) in [6, 6.07) is 15.9. The van der Waals surface area contributed by atoms with Crippen molar-refractivity contribution in [2.75, 3.05) is 26.2 Å². The predicted molar refractivity (Wildman–Crippen MR) is 129 cm³/mol. The minimum absolute atomic E-state index is 0.0937. The van der Waals surface area contributed by atoms with E-state index in [1.807, 2.05) is 41.3 Å². The molecule has 2 heterocycles. The maximum Gasteiger partial charge on any atom is 0.253 e. The maximum absolute atomic E-state index is 12.9. The molecule has 1 aliphatic rings. The van der Waals surface area contributed by atoms with Crippen LogP contribution in [0.3, 0.4) is 0 Å². The lowest BCUT2D eigenvalue weighted by atomic mass is 9.86. The van der Waals surface area contributed by atoms with Crippen LogP contribution in [0.25, 0.3) is 11.3 Å². The fourth-order valence-corrected chi connectivity index (χ4v) is 4.70. The summed E-state index contributed by atoms with van der Waals surface area (Å²) in [7, 11) is 0. The van der Waals surface area contributed by atoms with E-state index in [4.69, 9.17) is 16.6 Å². The van der Waals surface area contributed by atoms with Gasteiger partial charge in [0.2, 0.25) is 0 Å². The van der Waals surface area contributed by atoms with Crippen LogP contribution in [0.2, 0.25) is 5.02 Å². The van der Waals surface area contributed by atoms with Crippen molar-refractivity contribution in [3.05, 3.63) is 75.1 Å². The molecule has 1 fully saturated rings. The van der Waals surface area contributed by atoms with Gasteiger partial charge in [-0.15, -0.1) is 11.3 Å². The number of thiazole rings is 1. The van der Waals surface area contributed by atoms with Crippen LogP contribution >= 0.6 is 22.9 Å². The molecule has 0 radical (unpaired) electrons. The first-order valence-corrected chi connectivity index (χ1v) is 11.9. The summed E-state index contributed by atoms with van der Waals surface area (Å²) in [4.78, 5) is 22.0. The van der Waals surface area contributed by atoms with Crippen LogP contribution < -0.4 is 0 Å². The highest BCUT2D eigenvalue weighted by molar-refractivity contribution is 7.09. The number of aromatic nitrogens is 1. The molecule has 162 valence electrons. The molecule has 0 bridgehead atoms. The second kappa shape index (κ2) is 9.11. The number of hydrogen-bond acceptors (Lipinski definition) is 4. The third-order valence-corrected chi connectivity index (χ3v) is 6.79. The molecule has 0 atom stereocenters. The molecular weight excluding hydrogens is 426 g/mol. The molecule has 0 aliphatic carbocycles. The quantitative estimate of drug-likeness (QED) is 0.507. The third kappa shape index (κ3) is 5.35. The lowest BCUT2D eigenvalue weighted by Gasteiger charge is -2.34. The fraction of sp³-hybridized carbons (Fsp3) is 0.360. The molecule has 1 aromatic heterocycles. The second-order valence-electron chi connectivity index (χ2n) is 9.03. The number of carbonyl (C=O) groups excluding carboxylic acids is 1. The molecule has 0 unspecified atom stereocenters. The maximum atomic E-state index is 12.9. The Kier molecular flexibility index (Phi) is 6.47. The Bertz CT molecular complexity index is 1030. The molecule has 0 spiro atoms. The third-order valence-electron chi connectivity index (χ3n) is 5.71. The van der Waals surface area contributed by atoms with Crippen LogP contribution in [0.4, 0.5) is 0 Å². The van der Waals surface area contributed by atoms with Gasteiger partial charge in [0.25, 0.3) is 5.91 Å². The van der Waals surface area contributed by atoms with Gasteiger partial charge in [-0.25, -0.2) is 4.98 Å². The van der Waals surface area contributed by atoms with Gasteiger partial charge in [0.15, 0.2) is 0 Å². The molecule has 0 saturated carbocycles. The van der Waals surface area contributed by atoms with E-state index >= 15 is 0 Å². The molecule has 2 aromatic carbocycles. The standard InChI is InChI=1S/C25H28ClN3OS/c1-25(2,3)20-8-4-19(5-9-20)24(30)29-14-12-28(13-15-29)16-23-27-22(17-31-23)18-6-10-21(26)11-7-18/h4-11,17H,12-16H2,1-3H3. The van der Waals surface area contributed by atoms with E-state index < -0.39 is 0 Å². The summed E-state index contributed by atoms with van der Waals surface area (Å²) in [5.74, 6) is 0.124. The van der Waals surface area contributed by atoms with Crippen molar-refractivity contribution >= 4 is 28.8 Å². The van der Waals surface area contributed by atoms with E-state index in [0.29, 0.717) is 0 Å². The summed E-state index contributed by atoms with van der Waals surface area (Å²) >= 11 is 7.66. The number of halogens is 1. The number of nitrogens with zero attached hydrogens (tertiary/aromatic N) is 3. The van der Waals surface area contributed by atoms with Gasteiger partial charge in [-0.3, -0.25) is 9.69 Å². The summed E-state index contributed by atoms with van der Waals surface area (Å²) in [6.45, 7) is 10.6. The molecule has 4 nitrogen and oxygen atoms in total. The van der Waals surface area contributed by atoms with Crippen molar-refractivity contribution in [1.82, 2.24) is 14.8 Å². The molecule has 1 amide bonds. The van der Waals surface area contributed by atoms with Gasteiger partial charge in [0.1, 0.15) is 5.01 Å². The minimum Gasteiger partial charge on any atom is -0.336 e. The molecule has 0 N–H and O–H groups in total. The summed E-state index contributed by atoms with van der Waals surface area (Å²) < 4.78 is 0. The van der Waals surface area contributed by atoms with Crippen LogP contribution in [0.15, 0.2) is 53.9 Å². The van der Waals surface area contributed by atoms with Crippen molar-refractivity contribution in [1.29, 1.82) is 0 Å². The second-order valence-corrected chi connectivity index (χ2v) is 10.4. The Balaban J connectivity index is 1.32. The molecular formula is C25H28ClN3OS. The van der Waals surface area contributed by atoms with Crippen molar-refractivity contribution in [2.24, 2.45) is 0 Å². The number of rotatable bonds is 4. The fourth-order valence-electron chi connectivity index (χ4n) is 3.73. The van der Waals surface area contributed by atoms with E-state index in [9.17, 15) is 4.79 Å². The van der Waals surface area contributed by atoms with Crippen LogP contribution in [-0.4, -0.2) is 46.9 Å². The van der Waals surface area contributed by atoms with Crippen LogP contribution in [0, 0.1) is 0 Å². The van der Waals surface area contributed by atoms with Gasteiger partial charge in [0.05, 0.1) is 12.2 Å². The minimum atomic E-state index is 0.0937. The Labute approximate surface area is 193 Å². The van der Waals surface area contributed by atoms with Crippen molar-refractivity contribution in [3.8, 4) is 11.3 Å². The zero-order chi connectivity index (χ0) is 22.0. The zero-order valence-corrected chi connectivity index (χ0v) is 19.8. The average Bonchev–Trinajstić information content (AvgIpc) is 3.22. The van der Waals surface area contributed by atoms with Crippen LogP contribution in [-0.2, 0) is 12.0 Å². The first-order chi connectivity index (χ1) is 14.8. The van der Waals surface area contributed by atoms with E-state index in [-0.39, 0.29) is 11.3 Å². The first-order valence-electron chi connectivity index (χ1n) is 10.6. The number of benzene rings is 2. The van der Waals surface area contributed by atoms with Crippen LogP contribution in [0.1, 0.15) is 41.7 Å². The van der Waals surface area contributed by atoms with Gasteiger partial charge >= 0.3 is 0 Å². The van der Waals surface area contributed by atoms with Crippen molar-refractivity contribution in [2.45, 2.75) is 32.7 Å². The molecule has 3 aromatic rings. The summed E-state index contributed by atoms with van der Waals surface area (Å²) in [6.07, 6.45) is 0. The van der Waals surface area contributed by atoms with Gasteiger partial charge in [-0.05, 0) is 35.2 Å². The number of hydrogen-bond donors (Lipinski definition) is 0. The summed E-state index contributed by atoms with van der Waals surface area (Å²) in [5, 5.41) is 3.93. The topological polar surface area (TPSA) is 36.4 Å². The van der Waals surface area contributed by atoms with Gasteiger partial charge < -0.3 is 4.90 Å². The van der Waals surface area contributed by atoms with E-state index in [1.165, 1.54) is 5.56 Å².